The fraction of sp³-hybridized carbons (Fsp3) is 0.444. The van der Waals surface area contributed by atoms with E-state index in [1.54, 1.807) is 11.3 Å². The molecule has 2 rings (SSSR count). The van der Waals surface area contributed by atoms with Gasteiger partial charge in [-0.2, -0.15) is 0 Å². The zero-order chi connectivity index (χ0) is 8.55. The van der Waals surface area contributed by atoms with E-state index in [0.717, 1.165) is 12.8 Å². The number of aliphatic carboxylic acids is 1. The Balaban J connectivity index is 2.12. The summed E-state index contributed by atoms with van der Waals surface area (Å²) in [6.07, 6.45) is 1.88. The number of thiophene rings is 1. The van der Waals surface area contributed by atoms with Crippen molar-refractivity contribution < 1.29 is 9.90 Å². The van der Waals surface area contributed by atoms with E-state index < -0.39 is 5.97 Å². The first-order valence-electron chi connectivity index (χ1n) is 4.05. The zero-order valence-corrected chi connectivity index (χ0v) is 7.38. The predicted molar refractivity (Wildman–Crippen MR) is 47.4 cm³/mol. The van der Waals surface area contributed by atoms with Crippen LogP contribution in [0.2, 0.25) is 0 Å². The van der Waals surface area contributed by atoms with Crippen molar-refractivity contribution in [2.75, 3.05) is 0 Å². The maximum atomic E-state index is 10.7. The quantitative estimate of drug-likeness (QED) is 0.762. The van der Waals surface area contributed by atoms with Gasteiger partial charge in [0.1, 0.15) is 0 Å². The van der Waals surface area contributed by atoms with E-state index in [1.165, 1.54) is 4.88 Å². The minimum atomic E-state index is -0.639. The first-order chi connectivity index (χ1) is 5.79. The van der Waals surface area contributed by atoms with Crippen LogP contribution in [0.25, 0.3) is 0 Å². The second-order valence-electron chi connectivity index (χ2n) is 3.14. The molecule has 1 aliphatic rings. The van der Waals surface area contributed by atoms with Gasteiger partial charge in [0, 0.05) is 10.8 Å². The second kappa shape index (κ2) is 2.90. The molecule has 2 nitrogen and oxygen atoms in total. The third-order valence-corrected chi connectivity index (χ3v) is 3.50. The Bertz CT molecular complexity index is 279. The van der Waals surface area contributed by atoms with Crippen molar-refractivity contribution in [3.63, 3.8) is 0 Å². The molecule has 0 radical (unpaired) electrons. The van der Waals surface area contributed by atoms with Crippen molar-refractivity contribution in [1.29, 1.82) is 0 Å². The highest BCUT2D eigenvalue weighted by molar-refractivity contribution is 7.10. The van der Waals surface area contributed by atoms with Gasteiger partial charge >= 0.3 is 5.97 Å². The van der Waals surface area contributed by atoms with Crippen LogP contribution in [0.3, 0.4) is 0 Å². The normalized spacial score (nSPS) is 28.0. The lowest BCUT2D eigenvalue weighted by atomic mass is 9.73. The molecule has 0 aliphatic heterocycles. The average Bonchev–Trinajstić information content (AvgIpc) is 2.35. The Labute approximate surface area is 74.8 Å². The molecular weight excluding hydrogens is 172 g/mol. The molecule has 0 bridgehead atoms. The van der Waals surface area contributed by atoms with Crippen molar-refractivity contribution in [3.8, 4) is 0 Å². The summed E-state index contributed by atoms with van der Waals surface area (Å²) in [6.45, 7) is 0. The van der Waals surface area contributed by atoms with E-state index in [4.69, 9.17) is 5.11 Å². The topological polar surface area (TPSA) is 37.3 Å². The summed E-state index contributed by atoms with van der Waals surface area (Å²) in [5.41, 5.74) is 0. The summed E-state index contributed by atoms with van der Waals surface area (Å²) in [4.78, 5) is 11.9. The van der Waals surface area contributed by atoms with Crippen LogP contribution >= 0.6 is 11.3 Å². The van der Waals surface area contributed by atoms with Crippen molar-refractivity contribution in [2.45, 2.75) is 18.8 Å². The van der Waals surface area contributed by atoms with Crippen LogP contribution < -0.4 is 0 Å². The number of carboxylic acid groups (broad SMARTS) is 1. The summed E-state index contributed by atoms with van der Waals surface area (Å²) in [5, 5.41) is 10.8. The van der Waals surface area contributed by atoms with Gasteiger partial charge in [-0.1, -0.05) is 6.07 Å². The van der Waals surface area contributed by atoms with Crippen molar-refractivity contribution >= 4 is 17.3 Å². The van der Waals surface area contributed by atoms with Gasteiger partial charge in [0.25, 0.3) is 0 Å². The Kier molecular flexibility index (Phi) is 1.89. The maximum absolute atomic E-state index is 10.7. The lowest BCUT2D eigenvalue weighted by Crippen LogP contribution is -2.30. The molecule has 64 valence electrons. The van der Waals surface area contributed by atoms with Gasteiger partial charge in [-0.05, 0) is 24.3 Å². The van der Waals surface area contributed by atoms with Gasteiger partial charge in [-0.15, -0.1) is 11.3 Å². The molecule has 1 aromatic heterocycles. The monoisotopic (exact) mass is 182 g/mol. The van der Waals surface area contributed by atoms with E-state index in [0.29, 0.717) is 5.92 Å². The van der Waals surface area contributed by atoms with Crippen LogP contribution in [0.5, 0.6) is 0 Å². The molecule has 1 aromatic rings. The first-order valence-corrected chi connectivity index (χ1v) is 4.93. The Morgan fingerprint density at radius 1 is 1.58 bits per heavy atom. The summed E-state index contributed by atoms with van der Waals surface area (Å²) < 4.78 is 0. The smallest absolute Gasteiger partial charge is 0.307 e. The highest BCUT2D eigenvalue weighted by Gasteiger charge is 2.37. The van der Waals surface area contributed by atoms with Crippen LogP contribution in [-0.2, 0) is 4.79 Å². The van der Waals surface area contributed by atoms with Gasteiger partial charge < -0.3 is 5.11 Å². The van der Waals surface area contributed by atoms with Gasteiger partial charge in [-0.25, -0.2) is 0 Å². The van der Waals surface area contributed by atoms with Gasteiger partial charge in [0.15, 0.2) is 0 Å². The number of carbonyl (C=O) groups is 1. The molecule has 3 heteroatoms. The molecule has 1 saturated carbocycles. The average molecular weight is 182 g/mol. The van der Waals surface area contributed by atoms with Crippen LogP contribution in [-0.4, -0.2) is 11.1 Å². The molecule has 2 atom stereocenters. The zero-order valence-electron chi connectivity index (χ0n) is 6.56. The lowest BCUT2D eigenvalue weighted by Gasteiger charge is -2.32. The van der Waals surface area contributed by atoms with Crippen LogP contribution in [0.4, 0.5) is 0 Å². The third kappa shape index (κ3) is 1.14. The fourth-order valence-corrected chi connectivity index (χ4v) is 2.57. The van der Waals surface area contributed by atoms with Crippen LogP contribution in [0.1, 0.15) is 23.6 Å². The molecule has 0 amide bonds. The van der Waals surface area contributed by atoms with Crippen molar-refractivity contribution in [1.82, 2.24) is 0 Å². The maximum Gasteiger partial charge on any atom is 0.307 e. The largest absolute Gasteiger partial charge is 0.481 e. The fourth-order valence-electron chi connectivity index (χ4n) is 1.64. The molecule has 1 fully saturated rings. The minimum absolute atomic E-state index is 0.122. The number of hydrogen-bond donors (Lipinski definition) is 1. The highest BCUT2D eigenvalue weighted by Crippen LogP contribution is 2.44. The van der Waals surface area contributed by atoms with Crippen LogP contribution in [0, 0.1) is 5.92 Å². The van der Waals surface area contributed by atoms with E-state index in [2.05, 4.69) is 0 Å². The predicted octanol–water partition coefficient (Wildman–Crippen LogP) is 2.33. The molecule has 2 unspecified atom stereocenters. The van der Waals surface area contributed by atoms with Crippen LogP contribution in [0.15, 0.2) is 17.5 Å². The lowest BCUT2D eigenvalue weighted by molar-refractivity contribution is -0.145. The summed E-state index contributed by atoms with van der Waals surface area (Å²) in [7, 11) is 0. The van der Waals surface area contributed by atoms with Gasteiger partial charge in [0.05, 0.1) is 5.92 Å². The van der Waals surface area contributed by atoms with E-state index in [1.807, 2.05) is 17.5 Å². The standard InChI is InChI=1S/C9H10O2S/c10-9(11)7-4-3-6(7)8-2-1-5-12-8/h1-2,5-7H,3-4H2,(H,10,11). The van der Waals surface area contributed by atoms with Gasteiger partial charge in [0.2, 0.25) is 0 Å². The molecular formula is C9H10O2S. The van der Waals surface area contributed by atoms with Gasteiger partial charge in [-0.3, -0.25) is 4.79 Å². The Morgan fingerprint density at radius 3 is 2.83 bits per heavy atom. The molecule has 0 saturated heterocycles. The molecule has 1 N–H and O–H groups in total. The highest BCUT2D eigenvalue weighted by atomic mass is 32.1. The van der Waals surface area contributed by atoms with E-state index in [9.17, 15) is 4.79 Å². The molecule has 1 aliphatic carbocycles. The second-order valence-corrected chi connectivity index (χ2v) is 4.12. The first kappa shape index (κ1) is 7.80. The Hall–Kier alpha value is -0.830. The molecule has 0 spiro atoms. The summed E-state index contributed by atoms with van der Waals surface area (Å²) >= 11 is 1.66. The van der Waals surface area contributed by atoms with Crippen molar-refractivity contribution in [3.05, 3.63) is 22.4 Å². The molecule has 1 heterocycles. The molecule has 0 aromatic carbocycles. The molecule has 12 heavy (non-hydrogen) atoms. The third-order valence-electron chi connectivity index (χ3n) is 2.50. The van der Waals surface area contributed by atoms with E-state index in [-0.39, 0.29) is 5.92 Å². The summed E-state index contributed by atoms with van der Waals surface area (Å²) in [5.74, 6) is -0.467. The van der Waals surface area contributed by atoms with E-state index >= 15 is 0 Å². The number of carboxylic acids is 1. The SMILES string of the molecule is O=C(O)C1CCC1c1cccs1. The van der Waals surface area contributed by atoms with Crippen molar-refractivity contribution in [2.24, 2.45) is 5.92 Å². The Morgan fingerprint density at radius 2 is 2.42 bits per heavy atom. The number of rotatable bonds is 2. The summed E-state index contributed by atoms with van der Waals surface area (Å²) in [6, 6.07) is 4.02. The minimum Gasteiger partial charge on any atom is -0.481 e. The number of hydrogen-bond acceptors (Lipinski definition) is 2.